The summed E-state index contributed by atoms with van der Waals surface area (Å²) < 4.78 is 0. The zero-order valence-corrected chi connectivity index (χ0v) is 15.8. The number of nitrogens with two attached hydrogens (primary N) is 1. The van der Waals surface area contributed by atoms with Crippen LogP contribution in [-0.4, -0.2) is 30.4 Å². The monoisotopic (exact) mass is 365 g/mol. The maximum absolute atomic E-state index is 12.6. The second-order valence-corrected chi connectivity index (χ2v) is 7.31. The molecule has 25 heavy (non-hydrogen) atoms. The van der Waals surface area contributed by atoms with Crippen LogP contribution < -0.4 is 16.0 Å². The summed E-state index contributed by atoms with van der Waals surface area (Å²) in [6.07, 6.45) is 3.48. The molecule has 0 radical (unpaired) electrons. The normalized spacial score (nSPS) is 22.3. The minimum absolute atomic E-state index is 0. The first kappa shape index (κ1) is 19.7. The van der Waals surface area contributed by atoms with Crippen LogP contribution >= 0.6 is 12.4 Å². The first-order chi connectivity index (χ1) is 11.5. The molecule has 6 heteroatoms. The standard InChI is InChI=1S/C19H27N3O2.ClH/c1-3-13-4-8-16(9-5-13)22-11-14(10-17(22)23)18(24)21-19(2,12-20)15-6-7-15;/h4-5,8-9,14-15H,3,6-7,10-12,20H2,1-2H3,(H,21,24);1H. The first-order valence-corrected chi connectivity index (χ1v) is 8.88. The Bertz CT molecular complexity index is 630. The number of nitrogens with zero attached hydrogens (tertiary/aromatic N) is 1. The summed E-state index contributed by atoms with van der Waals surface area (Å²) in [4.78, 5) is 26.7. The summed E-state index contributed by atoms with van der Waals surface area (Å²) in [5.74, 6) is 0.144. The topological polar surface area (TPSA) is 75.4 Å². The van der Waals surface area contributed by atoms with Gasteiger partial charge in [0, 0.05) is 25.2 Å². The molecule has 1 saturated heterocycles. The van der Waals surface area contributed by atoms with Crippen molar-refractivity contribution in [1.29, 1.82) is 0 Å². The second-order valence-electron chi connectivity index (χ2n) is 7.31. The SMILES string of the molecule is CCc1ccc(N2CC(C(=O)NC(C)(CN)C3CC3)CC2=O)cc1.Cl. The van der Waals surface area contributed by atoms with E-state index in [1.165, 1.54) is 5.56 Å². The number of hydrogen-bond donors (Lipinski definition) is 2. The van der Waals surface area contributed by atoms with Gasteiger partial charge in [0.1, 0.15) is 0 Å². The fraction of sp³-hybridized carbons (Fsp3) is 0.579. The van der Waals surface area contributed by atoms with E-state index >= 15 is 0 Å². The molecule has 1 saturated carbocycles. The number of halogens is 1. The summed E-state index contributed by atoms with van der Waals surface area (Å²) in [6, 6.07) is 8.00. The van der Waals surface area contributed by atoms with Gasteiger partial charge in [0.05, 0.1) is 11.5 Å². The average molecular weight is 366 g/mol. The van der Waals surface area contributed by atoms with Crippen LogP contribution in [0.1, 0.15) is 38.7 Å². The first-order valence-electron chi connectivity index (χ1n) is 8.88. The molecule has 3 N–H and O–H groups in total. The van der Waals surface area contributed by atoms with Gasteiger partial charge >= 0.3 is 0 Å². The molecule has 2 atom stereocenters. The minimum Gasteiger partial charge on any atom is -0.349 e. The van der Waals surface area contributed by atoms with Crippen LogP contribution in [0.15, 0.2) is 24.3 Å². The van der Waals surface area contributed by atoms with Crippen LogP contribution in [-0.2, 0) is 16.0 Å². The number of carbonyl (C=O) groups is 2. The number of nitrogens with one attached hydrogen (secondary N) is 1. The summed E-state index contributed by atoms with van der Waals surface area (Å²) in [5.41, 5.74) is 7.65. The Kier molecular flexibility index (Phi) is 6.12. The summed E-state index contributed by atoms with van der Waals surface area (Å²) in [6.45, 7) is 5.00. The molecule has 138 valence electrons. The number of amides is 2. The molecule has 1 aliphatic heterocycles. The third kappa shape index (κ3) is 4.15. The fourth-order valence-electron chi connectivity index (χ4n) is 3.47. The van der Waals surface area contributed by atoms with E-state index < -0.39 is 0 Å². The van der Waals surface area contributed by atoms with E-state index in [1.807, 2.05) is 31.2 Å². The number of hydrogen-bond acceptors (Lipinski definition) is 3. The van der Waals surface area contributed by atoms with Crippen LogP contribution in [0, 0.1) is 11.8 Å². The van der Waals surface area contributed by atoms with Crippen molar-refractivity contribution in [2.24, 2.45) is 17.6 Å². The van der Waals surface area contributed by atoms with Gasteiger partial charge in [-0.2, -0.15) is 0 Å². The highest BCUT2D eigenvalue weighted by Crippen LogP contribution is 2.39. The fourth-order valence-corrected chi connectivity index (χ4v) is 3.47. The molecule has 0 bridgehead atoms. The lowest BCUT2D eigenvalue weighted by atomic mass is 9.94. The lowest BCUT2D eigenvalue weighted by Crippen LogP contribution is -2.54. The largest absolute Gasteiger partial charge is 0.349 e. The Morgan fingerprint density at radius 3 is 2.48 bits per heavy atom. The molecular formula is C19H28ClN3O2. The molecule has 0 spiro atoms. The van der Waals surface area contributed by atoms with E-state index in [2.05, 4.69) is 12.2 Å². The Balaban J connectivity index is 0.00000225. The van der Waals surface area contributed by atoms with E-state index in [1.54, 1.807) is 4.90 Å². The summed E-state index contributed by atoms with van der Waals surface area (Å²) in [7, 11) is 0. The number of benzene rings is 1. The Hall–Kier alpha value is -1.59. The van der Waals surface area contributed by atoms with Crippen molar-refractivity contribution in [2.75, 3.05) is 18.0 Å². The average Bonchev–Trinajstić information content (AvgIpc) is 3.38. The lowest BCUT2D eigenvalue weighted by Gasteiger charge is -2.30. The van der Waals surface area contributed by atoms with Gasteiger partial charge in [0.15, 0.2) is 0 Å². The zero-order valence-electron chi connectivity index (χ0n) is 15.0. The Morgan fingerprint density at radius 2 is 1.96 bits per heavy atom. The third-order valence-corrected chi connectivity index (χ3v) is 5.46. The molecule has 0 aromatic heterocycles. The molecule has 2 fully saturated rings. The number of rotatable bonds is 6. The quantitative estimate of drug-likeness (QED) is 0.812. The number of carbonyl (C=O) groups excluding carboxylic acids is 2. The maximum Gasteiger partial charge on any atom is 0.227 e. The van der Waals surface area contributed by atoms with E-state index in [-0.39, 0.29) is 42.1 Å². The van der Waals surface area contributed by atoms with Gasteiger partial charge < -0.3 is 16.0 Å². The molecule has 2 unspecified atom stereocenters. The van der Waals surface area contributed by atoms with Crippen LogP contribution in [0.25, 0.3) is 0 Å². The Labute approximate surface area is 155 Å². The highest BCUT2D eigenvalue weighted by Gasteiger charge is 2.44. The van der Waals surface area contributed by atoms with Crippen LogP contribution in [0.3, 0.4) is 0 Å². The molecule has 1 aromatic carbocycles. The van der Waals surface area contributed by atoms with Gasteiger partial charge in [-0.15, -0.1) is 12.4 Å². The zero-order chi connectivity index (χ0) is 17.3. The summed E-state index contributed by atoms with van der Waals surface area (Å²) >= 11 is 0. The van der Waals surface area contributed by atoms with Crippen LogP contribution in [0.2, 0.25) is 0 Å². The van der Waals surface area contributed by atoms with Crippen molar-refractivity contribution in [3.05, 3.63) is 29.8 Å². The van der Waals surface area contributed by atoms with E-state index in [0.29, 0.717) is 19.0 Å². The van der Waals surface area contributed by atoms with E-state index in [9.17, 15) is 9.59 Å². The molecule has 3 rings (SSSR count). The maximum atomic E-state index is 12.6. The van der Waals surface area contributed by atoms with Gasteiger partial charge in [-0.05, 0) is 49.8 Å². The number of aryl methyl sites for hydroxylation is 1. The van der Waals surface area contributed by atoms with Crippen molar-refractivity contribution in [2.45, 2.75) is 45.1 Å². The molecular weight excluding hydrogens is 338 g/mol. The van der Waals surface area contributed by atoms with Crippen molar-refractivity contribution in [3.8, 4) is 0 Å². The van der Waals surface area contributed by atoms with Crippen molar-refractivity contribution < 1.29 is 9.59 Å². The lowest BCUT2D eigenvalue weighted by molar-refractivity contribution is -0.128. The molecule has 1 aliphatic carbocycles. The highest BCUT2D eigenvalue weighted by molar-refractivity contribution is 6.00. The smallest absolute Gasteiger partial charge is 0.227 e. The van der Waals surface area contributed by atoms with E-state index in [0.717, 1.165) is 24.9 Å². The predicted molar refractivity (Wildman–Crippen MR) is 102 cm³/mol. The Morgan fingerprint density at radius 1 is 1.32 bits per heavy atom. The molecule has 2 aliphatic rings. The highest BCUT2D eigenvalue weighted by atomic mass is 35.5. The van der Waals surface area contributed by atoms with Gasteiger partial charge in [0.2, 0.25) is 11.8 Å². The molecule has 1 aromatic rings. The minimum atomic E-state index is -0.337. The van der Waals surface area contributed by atoms with Crippen molar-refractivity contribution >= 4 is 29.9 Å². The van der Waals surface area contributed by atoms with Crippen LogP contribution in [0.5, 0.6) is 0 Å². The van der Waals surface area contributed by atoms with Gasteiger partial charge in [-0.25, -0.2) is 0 Å². The molecule has 5 nitrogen and oxygen atoms in total. The summed E-state index contributed by atoms with van der Waals surface area (Å²) in [5, 5.41) is 3.11. The van der Waals surface area contributed by atoms with Crippen LogP contribution in [0.4, 0.5) is 5.69 Å². The van der Waals surface area contributed by atoms with Gasteiger partial charge in [0.25, 0.3) is 0 Å². The molecule has 2 amide bonds. The van der Waals surface area contributed by atoms with Crippen molar-refractivity contribution in [1.82, 2.24) is 5.32 Å². The van der Waals surface area contributed by atoms with E-state index in [4.69, 9.17) is 5.73 Å². The predicted octanol–water partition coefficient (Wildman–Crippen LogP) is 2.27. The molecule has 1 heterocycles. The van der Waals surface area contributed by atoms with Gasteiger partial charge in [-0.3, -0.25) is 9.59 Å². The number of anilines is 1. The van der Waals surface area contributed by atoms with Gasteiger partial charge in [-0.1, -0.05) is 19.1 Å². The van der Waals surface area contributed by atoms with Crippen molar-refractivity contribution in [3.63, 3.8) is 0 Å². The second kappa shape index (κ2) is 7.75. The third-order valence-electron chi connectivity index (χ3n) is 5.46.